The van der Waals surface area contributed by atoms with Gasteiger partial charge in [-0.15, -0.1) is 0 Å². The summed E-state index contributed by atoms with van der Waals surface area (Å²) < 4.78 is 13.9. The van der Waals surface area contributed by atoms with Crippen LogP contribution in [0.25, 0.3) is 0 Å². The SMILES string of the molecule is CC(C)CN(C(C)C)C(C)(CN)Cc1ccccc1F. The molecule has 0 amide bonds. The fourth-order valence-corrected chi connectivity index (χ4v) is 2.79. The molecule has 1 rings (SSSR count). The van der Waals surface area contributed by atoms with Crippen LogP contribution in [0.1, 0.15) is 40.2 Å². The van der Waals surface area contributed by atoms with E-state index in [9.17, 15) is 4.39 Å². The molecule has 2 nitrogen and oxygen atoms in total. The van der Waals surface area contributed by atoms with E-state index in [2.05, 4.69) is 39.5 Å². The van der Waals surface area contributed by atoms with Gasteiger partial charge in [0.1, 0.15) is 5.82 Å². The van der Waals surface area contributed by atoms with E-state index in [-0.39, 0.29) is 11.4 Å². The highest BCUT2D eigenvalue weighted by Gasteiger charge is 2.33. The van der Waals surface area contributed by atoms with E-state index in [1.165, 1.54) is 6.07 Å². The van der Waals surface area contributed by atoms with Crippen molar-refractivity contribution in [3.05, 3.63) is 35.6 Å². The molecule has 3 heteroatoms. The summed E-state index contributed by atoms with van der Waals surface area (Å²) in [6, 6.07) is 7.38. The molecule has 0 aliphatic rings. The third-order valence-corrected chi connectivity index (χ3v) is 3.85. The predicted octanol–water partition coefficient (Wildman–Crippen LogP) is 3.45. The number of hydrogen-bond donors (Lipinski definition) is 1. The number of nitrogens with two attached hydrogens (primary N) is 1. The number of benzene rings is 1. The third kappa shape index (κ3) is 4.29. The summed E-state index contributed by atoms with van der Waals surface area (Å²) in [6.07, 6.45) is 0.640. The molecule has 1 unspecified atom stereocenters. The first-order chi connectivity index (χ1) is 9.30. The van der Waals surface area contributed by atoms with Gasteiger partial charge in [-0.05, 0) is 44.7 Å². The smallest absolute Gasteiger partial charge is 0.126 e. The molecule has 0 fully saturated rings. The molecule has 0 heterocycles. The van der Waals surface area contributed by atoms with Crippen molar-refractivity contribution in [3.63, 3.8) is 0 Å². The van der Waals surface area contributed by atoms with Crippen LogP contribution in [0.2, 0.25) is 0 Å². The molecular formula is C17H29FN2. The van der Waals surface area contributed by atoms with Crippen molar-refractivity contribution in [1.82, 2.24) is 4.90 Å². The van der Waals surface area contributed by atoms with Crippen molar-refractivity contribution < 1.29 is 4.39 Å². The quantitative estimate of drug-likeness (QED) is 0.829. The lowest BCUT2D eigenvalue weighted by Gasteiger charge is -2.44. The van der Waals surface area contributed by atoms with Gasteiger partial charge >= 0.3 is 0 Å². The van der Waals surface area contributed by atoms with Crippen LogP contribution >= 0.6 is 0 Å². The molecule has 0 saturated heterocycles. The Kier molecular flexibility index (Phi) is 6.15. The molecule has 20 heavy (non-hydrogen) atoms. The zero-order chi connectivity index (χ0) is 15.3. The van der Waals surface area contributed by atoms with Gasteiger partial charge in [-0.3, -0.25) is 4.90 Å². The van der Waals surface area contributed by atoms with Gasteiger partial charge in [-0.1, -0.05) is 32.0 Å². The highest BCUT2D eigenvalue weighted by Crippen LogP contribution is 2.25. The Hall–Kier alpha value is -0.930. The minimum Gasteiger partial charge on any atom is -0.329 e. The lowest BCUT2D eigenvalue weighted by molar-refractivity contribution is 0.0622. The second kappa shape index (κ2) is 7.19. The Morgan fingerprint density at radius 2 is 1.80 bits per heavy atom. The summed E-state index contributed by atoms with van der Waals surface area (Å²) in [6.45, 7) is 12.4. The Balaban J connectivity index is 3.02. The van der Waals surface area contributed by atoms with Crippen molar-refractivity contribution >= 4 is 0 Å². The summed E-state index contributed by atoms with van der Waals surface area (Å²) >= 11 is 0. The van der Waals surface area contributed by atoms with E-state index in [0.29, 0.717) is 24.9 Å². The largest absolute Gasteiger partial charge is 0.329 e. The zero-order valence-electron chi connectivity index (χ0n) is 13.5. The Labute approximate surface area is 123 Å². The topological polar surface area (TPSA) is 29.3 Å². The average molecular weight is 280 g/mol. The summed E-state index contributed by atoms with van der Waals surface area (Å²) in [5, 5.41) is 0. The van der Waals surface area contributed by atoms with Gasteiger partial charge in [-0.2, -0.15) is 0 Å². The molecule has 0 aliphatic carbocycles. The first-order valence-corrected chi connectivity index (χ1v) is 7.50. The maximum atomic E-state index is 13.9. The highest BCUT2D eigenvalue weighted by atomic mass is 19.1. The van der Waals surface area contributed by atoms with Gasteiger partial charge in [-0.25, -0.2) is 4.39 Å². The Bertz CT molecular complexity index is 417. The van der Waals surface area contributed by atoms with E-state index in [1.54, 1.807) is 6.07 Å². The summed E-state index contributed by atoms with van der Waals surface area (Å²) in [5.41, 5.74) is 6.58. The molecular weight excluding hydrogens is 251 g/mol. The van der Waals surface area contributed by atoms with E-state index >= 15 is 0 Å². The van der Waals surface area contributed by atoms with Gasteiger partial charge in [0.05, 0.1) is 0 Å². The lowest BCUT2D eigenvalue weighted by atomic mass is 9.88. The van der Waals surface area contributed by atoms with E-state index in [4.69, 9.17) is 5.73 Å². The molecule has 0 bridgehead atoms. The molecule has 0 aliphatic heterocycles. The number of halogens is 1. The standard InChI is InChI=1S/C17H29FN2/c1-13(2)11-20(14(3)4)17(5,12-19)10-15-8-6-7-9-16(15)18/h6-9,13-14H,10-12,19H2,1-5H3. The van der Waals surface area contributed by atoms with E-state index in [1.807, 2.05) is 12.1 Å². The monoisotopic (exact) mass is 280 g/mol. The molecule has 1 aromatic carbocycles. The molecule has 2 N–H and O–H groups in total. The second-order valence-electron chi connectivity index (χ2n) is 6.61. The average Bonchev–Trinajstić information content (AvgIpc) is 2.38. The highest BCUT2D eigenvalue weighted by molar-refractivity contribution is 5.20. The number of nitrogens with zero attached hydrogens (tertiary/aromatic N) is 1. The van der Waals surface area contributed by atoms with Crippen molar-refractivity contribution in [1.29, 1.82) is 0 Å². The fraction of sp³-hybridized carbons (Fsp3) is 0.647. The first-order valence-electron chi connectivity index (χ1n) is 7.50. The van der Waals surface area contributed by atoms with Crippen LogP contribution in [-0.2, 0) is 6.42 Å². The summed E-state index contributed by atoms with van der Waals surface area (Å²) in [4.78, 5) is 2.41. The molecule has 0 saturated carbocycles. The zero-order valence-corrected chi connectivity index (χ0v) is 13.5. The van der Waals surface area contributed by atoms with Crippen molar-refractivity contribution in [2.45, 2.75) is 52.6 Å². The van der Waals surface area contributed by atoms with Crippen molar-refractivity contribution in [2.75, 3.05) is 13.1 Å². The molecule has 0 aromatic heterocycles. The molecule has 0 radical (unpaired) electrons. The van der Waals surface area contributed by atoms with E-state index in [0.717, 1.165) is 12.1 Å². The Morgan fingerprint density at radius 1 is 1.20 bits per heavy atom. The van der Waals surface area contributed by atoms with Crippen molar-refractivity contribution in [3.8, 4) is 0 Å². The van der Waals surface area contributed by atoms with Crippen LogP contribution in [0, 0.1) is 11.7 Å². The Morgan fingerprint density at radius 3 is 2.25 bits per heavy atom. The predicted molar refractivity (Wildman–Crippen MR) is 84.2 cm³/mol. The second-order valence-corrected chi connectivity index (χ2v) is 6.61. The van der Waals surface area contributed by atoms with Gasteiger partial charge < -0.3 is 5.73 Å². The number of hydrogen-bond acceptors (Lipinski definition) is 2. The molecule has 0 spiro atoms. The van der Waals surface area contributed by atoms with Crippen LogP contribution in [0.5, 0.6) is 0 Å². The van der Waals surface area contributed by atoms with Gasteiger partial charge in [0.2, 0.25) is 0 Å². The maximum Gasteiger partial charge on any atom is 0.126 e. The number of rotatable bonds is 7. The minimum absolute atomic E-state index is 0.138. The normalized spacial score (nSPS) is 15.1. The van der Waals surface area contributed by atoms with E-state index < -0.39 is 0 Å². The minimum atomic E-state index is -0.222. The van der Waals surface area contributed by atoms with Gasteiger partial charge in [0, 0.05) is 24.7 Å². The molecule has 114 valence electrons. The molecule has 1 aromatic rings. The lowest BCUT2D eigenvalue weighted by Crippen LogP contribution is -2.57. The van der Waals surface area contributed by atoms with Crippen LogP contribution < -0.4 is 5.73 Å². The summed E-state index contributed by atoms with van der Waals surface area (Å²) in [7, 11) is 0. The maximum absolute atomic E-state index is 13.9. The van der Waals surface area contributed by atoms with Crippen LogP contribution in [0.4, 0.5) is 4.39 Å². The van der Waals surface area contributed by atoms with Crippen LogP contribution in [-0.4, -0.2) is 29.6 Å². The molecule has 1 atom stereocenters. The third-order valence-electron chi connectivity index (χ3n) is 3.85. The van der Waals surface area contributed by atoms with Gasteiger partial charge in [0.25, 0.3) is 0 Å². The van der Waals surface area contributed by atoms with Crippen LogP contribution in [0.3, 0.4) is 0 Å². The van der Waals surface area contributed by atoms with Crippen molar-refractivity contribution in [2.24, 2.45) is 11.7 Å². The van der Waals surface area contributed by atoms with Gasteiger partial charge in [0.15, 0.2) is 0 Å². The fourth-order valence-electron chi connectivity index (χ4n) is 2.79. The summed E-state index contributed by atoms with van der Waals surface area (Å²) in [5.74, 6) is 0.421. The first kappa shape index (κ1) is 17.1. The van der Waals surface area contributed by atoms with Crippen LogP contribution in [0.15, 0.2) is 24.3 Å².